The number of nitrogens with zero attached hydrogens (tertiary/aromatic N) is 2. The highest BCUT2D eigenvalue weighted by molar-refractivity contribution is 7.89. The number of amides is 1. The zero-order valence-electron chi connectivity index (χ0n) is 22.7. The van der Waals surface area contributed by atoms with Gasteiger partial charge in [0.05, 0.1) is 10.9 Å². The lowest BCUT2D eigenvalue weighted by Gasteiger charge is -2.40. The van der Waals surface area contributed by atoms with Gasteiger partial charge in [0.15, 0.2) is 0 Å². The molecule has 1 fully saturated rings. The van der Waals surface area contributed by atoms with Crippen LogP contribution >= 0.6 is 0 Å². The minimum absolute atomic E-state index is 0.0832. The van der Waals surface area contributed by atoms with E-state index in [0.29, 0.717) is 26.2 Å². The van der Waals surface area contributed by atoms with E-state index in [9.17, 15) is 13.2 Å². The van der Waals surface area contributed by atoms with Gasteiger partial charge >= 0.3 is 0 Å². The van der Waals surface area contributed by atoms with Crippen LogP contribution in [-0.2, 0) is 21.2 Å². The molecule has 1 atom stereocenters. The van der Waals surface area contributed by atoms with Crippen molar-refractivity contribution in [2.24, 2.45) is 0 Å². The van der Waals surface area contributed by atoms with Gasteiger partial charge in [-0.3, -0.25) is 9.69 Å². The van der Waals surface area contributed by atoms with Crippen molar-refractivity contribution in [2.45, 2.75) is 30.3 Å². The number of hydrogen-bond acceptors (Lipinski definition) is 4. The Morgan fingerprint density at radius 1 is 0.725 bits per heavy atom. The highest BCUT2D eigenvalue weighted by Crippen LogP contribution is 2.29. The number of hydrogen-bond donors (Lipinski definition) is 1. The molecular weight excluding hydrogens is 518 g/mol. The van der Waals surface area contributed by atoms with Crippen LogP contribution in [0.3, 0.4) is 0 Å². The van der Waals surface area contributed by atoms with Crippen LogP contribution in [0.5, 0.6) is 0 Å². The fourth-order valence-corrected chi connectivity index (χ4v) is 6.50. The summed E-state index contributed by atoms with van der Waals surface area (Å²) in [7, 11) is -3.88. The van der Waals surface area contributed by atoms with E-state index in [-0.39, 0.29) is 23.3 Å². The molecule has 1 N–H and O–H groups in total. The molecule has 5 rings (SSSR count). The molecule has 0 unspecified atom stereocenters. The average Bonchev–Trinajstić information content (AvgIpc) is 2.99. The van der Waals surface area contributed by atoms with Crippen LogP contribution in [0.1, 0.15) is 28.3 Å². The van der Waals surface area contributed by atoms with Gasteiger partial charge < -0.3 is 4.90 Å². The Kier molecular flexibility index (Phi) is 8.75. The SMILES string of the molecule is Cc1ccc(S(=O)(=O)N[C@@H](Cc2ccccc2)C(=O)N2CCN(C(c3ccccc3)c3ccccc3)CC2)cc1. The Morgan fingerprint density at radius 2 is 1.23 bits per heavy atom. The lowest BCUT2D eigenvalue weighted by Crippen LogP contribution is -2.56. The second-order valence-corrected chi connectivity index (χ2v) is 12.0. The van der Waals surface area contributed by atoms with Crippen molar-refractivity contribution in [2.75, 3.05) is 26.2 Å². The summed E-state index contributed by atoms with van der Waals surface area (Å²) in [6, 6.07) is 36.2. The number of carbonyl (C=O) groups is 1. The number of sulfonamides is 1. The quantitative estimate of drug-likeness (QED) is 0.323. The summed E-state index contributed by atoms with van der Waals surface area (Å²) < 4.78 is 29.3. The Labute approximate surface area is 237 Å². The van der Waals surface area contributed by atoms with Crippen molar-refractivity contribution in [3.8, 4) is 0 Å². The van der Waals surface area contributed by atoms with Gasteiger partial charge in [0, 0.05) is 26.2 Å². The Hall–Kier alpha value is -3.78. The van der Waals surface area contributed by atoms with E-state index in [4.69, 9.17) is 0 Å². The Morgan fingerprint density at radius 3 is 1.75 bits per heavy atom. The highest BCUT2D eigenvalue weighted by atomic mass is 32.2. The molecule has 7 heteroatoms. The molecule has 0 saturated carbocycles. The van der Waals surface area contributed by atoms with Crippen molar-refractivity contribution >= 4 is 15.9 Å². The third kappa shape index (κ3) is 6.67. The molecule has 1 heterocycles. The third-order valence-electron chi connectivity index (χ3n) is 7.43. The number of carbonyl (C=O) groups excluding carboxylic acids is 1. The van der Waals surface area contributed by atoms with Gasteiger partial charge in [-0.2, -0.15) is 4.72 Å². The number of piperazine rings is 1. The number of aryl methyl sites for hydroxylation is 1. The predicted octanol–water partition coefficient (Wildman–Crippen LogP) is 4.82. The second kappa shape index (κ2) is 12.6. The summed E-state index contributed by atoms with van der Waals surface area (Å²) in [4.78, 5) is 18.2. The summed E-state index contributed by atoms with van der Waals surface area (Å²) in [6.07, 6.45) is 0.279. The molecule has 0 spiro atoms. The molecule has 4 aromatic rings. The molecular formula is C33H35N3O3S. The summed E-state index contributed by atoms with van der Waals surface area (Å²) >= 11 is 0. The zero-order chi connectivity index (χ0) is 28.0. The normalized spacial score (nSPS) is 15.2. The van der Waals surface area contributed by atoms with Crippen molar-refractivity contribution in [1.82, 2.24) is 14.5 Å². The van der Waals surface area contributed by atoms with E-state index in [1.54, 1.807) is 29.2 Å². The van der Waals surface area contributed by atoms with E-state index in [0.717, 1.165) is 11.1 Å². The molecule has 1 saturated heterocycles. The van der Waals surface area contributed by atoms with Crippen LogP contribution in [0.2, 0.25) is 0 Å². The number of benzene rings is 4. The molecule has 206 valence electrons. The molecule has 1 aliphatic heterocycles. The Bertz CT molecular complexity index is 1450. The fraction of sp³-hybridized carbons (Fsp3) is 0.242. The summed E-state index contributed by atoms with van der Waals surface area (Å²) in [5, 5.41) is 0. The molecule has 1 amide bonds. The predicted molar refractivity (Wildman–Crippen MR) is 158 cm³/mol. The van der Waals surface area contributed by atoms with E-state index < -0.39 is 16.1 Å². The van der Waals surface area contributed by atoms with Crippen molar-refractivity contribution in [3.63, 3.8) is 0 Å². The van der Waals surface area contributed by atoms with Gasteiger partial charge in [-0.15, -0.1) is 0 Å². The Balaban J connectivity index is 1.34. The maximum atomic E-state index is 13.9. The maximum Gasteiger partial charge on any atom is 0.241 e. The highest BCUT2D eigenvalue weighted by Gasteiger charge is 2.33. The molecule has 1 aliphatic rings. The van der Waals surface area contributed by atoms with Gasteiger partial charge in [0.25, 0.3) is 0 Å². The van der Waals surface area contributed by atoms with Gasteiger partial charge in [0.1, 0.15) is 6.04 Å². The summed E-state index contributed by atoms with van der Waals surface area (Å²) in [5.41, 5.74) is 4.29. The third-order valence-corrected chi connectivity index (χ3v) is 8.92. The molecule has 0 aromatic heterocycles. The minimum atomic E-state index is -3.88. The first-order valence-corrected chi connectivity index (χ1v) is 15.1. The molecule has 40 heavy (non-hydrogen) atoms. The molecule has 0 radical (unpaired) electrons. The van der Waals surface area contributed by atoms with Crippen molar-refractivity contribution in [3.05, 3.63) is 138 Å². The van der Waals surface area contributed by atoms with Gasteiger partial charge in [-0.1, -0.05) is 109 Å². The van der Waals surface area contributed by atoms with Gasteiger partial charge in [-0.05, 0) is 42.2 Å². The standard InChI is InChI=1S/C33H35N3O3S/c1-26-17-19-30(20-18-26)40(38,39)34-31(25-27-11-5-2-6-12-27)33(37)36-23-21-35(22-24-36)32(28-13-7-3-8-14-28)29-15-9-4-10-16-29/h2-20,31-32,34H,21-25H2,1H3/t31-/m0/s1. The topological polar surface area (TPSA) is 69.7 Å². The zero-order valence-corrected chi connectivity index (χ0v) is 23.5. The molecule has 4 aromatic carbocycles. The van der Waals surface area contributed by atoms with Crippen LogP contribution in [0.4, 0.5) is 0 Å². The molecule has 0 aliphatic carbocycles. The van der Waals surface area contributed by atoms with Gasteiger partial charge in [0.2, 0.25) is 15.9 Å². The fourth-order valence-electron chi connectivity index (χ4n) is 5.31. The first kappa shape index (κ1) is 27.8. The van der Waals surface area contributed by atoms with Crippen molar-refractivity contribution < 1.29 is 13.2 Å². The molecule has 0 bridgehead atoms. The van der Waals surface area contributed by atoms with Gasteiger partial charge in [-0.25, -0.2) is 8.42 Å². The van der Waals surface area contributed by atoms with E-state index in [2.05, 4.69) is 58.2 Å². The minimum Gasteiger partial charge on any atom is -0.339 e. The van der Waals surface area contributed by atoms with Crippen molar-refractivity contribution in [1.29, 1.82) is 0 Å². The largest absolute Gasteiger partial charge is 0.339 e. The van der Waals surface area contributed by atoms with Crippen LogP contribution in [0, 0.1) is 6.92 Å². The number of nitrogens with one attached hydrogen (secondary N) is 1. The van der Waals surface area contributed by atoms with E-state index >= 15 is 0 Å². The first-order valence-electron chi connectivity index (χ1n) is 13.7. The van der Waals surface area contributed by atoms with Crippen LogP contribution in [-0.4, -0.2) is 56.3 Å². The summed E-state index contributed by atoms with van der Waals surface area (Å²) in [5.74, 6) is -0.199. The van der Waals surface area contributed by atoms with Crippen LogP contribution in [0.15, 0.2) is 120 Å². The van der Waals surface area contributed by atoms with Crippen LogP contribution < -0.4 is 4.72 Å². The number of rotatable bonds is 9. The van der Waals surface area contributed by atoms with Crippen LogP contribution in [0.25, 0.3) is 0 Å². The average molecular weight is 554 g/mol. The monoisotopic (exact) mass is 553 g/mol. The second-order valence-electron chi connectivity index (χ2n) is 10.3. The lowest BCUT2D eigenvalue weighted by atomic mass is 9.96. The van der Waals surface area contributed by atoms with E-state index in [1.165, 1.54) is 11.1 Å². The smallest absolute Gasteiger partial charge is 0.241 e. The lowest BCUT2D eigenvalue weighted by molar-refractivity contribution is -0.135. The van der Waals surface area contributed by atoms with E-state index in [1.807, 2.05) is 49.4 Å². The first-order chi connectivity index (χ1) is 19.4. The summed E-state index contributed by atoms with van der Waals surface area (Å²) in [6.45, 7) is 4.32. The maximum absolute atomic E-state index is 13.9. The molecule has 6 nitrogen and oxygen atoms in total.